The second-order valence-corrected chi connectivity index (χ2v) is 4.40. The highest BCUT2D eigenvalue weighted by atomic mass is 16.5. The number of carbonyl (C=O) groups is 1. The molecule has 100 valence electrons. The minimum absolute atomic E-state index is 0.00224. The Hall–Kier alpha value is -2.17. The zero-order chi connectivity index (χ0) is 13.7. The van der Waals surface area contributed by atoms with E-state index in [2.05, 4.69) is 15.5 Å². The lowest BCUT2D eigenvalue weighted by Gasteiger charge is -1.99. The first-order valence-electron chi connectivity index (χ1n) is 6.35. The van der Waals surface area contributed by atoms with Gasteiger partial charge >= 0.3 is 0 Å². The summed E-state index contributed by atoms with van der Waals surface area (Å²) in [6.07, 6.45) is 1.34. The summed E-state index contributed by atoms with van der Waals surface area (Å²) in [5, 5.41) is 6.64. The molecule has 0 fully saturated rings. The topological polar surface area (TPSA) is 68.0 Å². The van der Waals surface area contributed by atoms with Crippen LogP contribution in [-0.2, 0) is 11.3 Å². The molecule has 0 saturated heterocycles. The summed E-state index contributed by atoms with van der Waals surface area (Å²) < 4.78 is 5.10. The predicted octanol–water partition coefficient (Wildman–Crippen LogP) is 2.46. The molecule has 5 nitrogen and oxygen atoms in total. The number of hydrogen-bond acceptors (Lipinski definition) is 4. The van der Waals surface area contributed by atoms with Crippen LogP contribution < -0.4 is 5.32 Å². The van der Waals surface area contributed by atoms with Gasteiger partial charge in [0.2, 0.25) is 17.6 Å². The van der Waals surface area contributed by atoms with Crippen molar-refractivity contribution in [2.45, 2.75) is 33.2 Å². The van der Waals surface area contributed by atoms with Gasteiger partial charge in [0.05, 0.1) is 6.54 Å². The number of nitrogens with zero attached hydrogens (tertiary/aromatic N) is 2. The molecule has 5 heteroatoms. The molecule has 0 saturated carbocycles. The van der Waals surface area contributed by atoms with Crippen LogP contribution in [0, 0.1) is 6.92 Å². The quantitative estimate of drug-likeness (QED) is 0.895. The molecule has 0 bridgehead atoms. The molecule has 0 aliphatic heterocycles. The average Bonchev–Trinajstić information content (AvgIpc) is 2.86. The lowest BCUT2D eigenvalue weighted by atomic mass is 10.1. The Morgan fingerprint density at radius 2 is 2.05 bits per heavy atom. The van der Waals surface area contributed by atoms with E-state index in [4.69, 9.17) is 4.52 Å². The molecule has 1 heterocycles. The van der Waals surface area contributed by atoms with Crippen molar-refractivity contribution >= 4 is 5.91 Å². The Labute approximate surface area is 112 Å². The van der Waals surface area contributed by atoms with Crippen LogP contribution in [-0.4, -0.2) is 16.0 Å². The van der Waals surface area contributed by atoms with Gasteiger partial charge in [-0.1, -0.05) is 41.9 Å². The Morgan fingerprint density at radius 3 is 2.74 bits per heavy atom. The van der Waals surface area contributed by atoms with Crippen molar-refractivity contribution in [3.8, 4) is 11.4 Å². The summed E-state index contributed by atoms with van der Waals surface area (Å²) in [5.74, 6) is 0.956. The number of hydrogen-bond donors (Lipinski definition) is 1. The average molecular weight is 259 g/mol. The molecule has 0 aliphatic rings. The number of aromatic nitrogens is 2. The predicted molar refractivity (Wildman–Crippen MR) is 71.2 cm³/mol. The van der Waals surface area contributed by atoms with Gasteiger partial charge < -0.3 is 9.84 Å². The molecular formula is C14H17N3O2. The van der Waals surface area contributed by atoms with Gasteiger partial charge in [0.25, 0.3) is 0 Å². The van der Waals surface area contributed by atoms with Crippen molar-refractivity contribution in [2.75, 3.05) is 0 Å². The number of amides is 1. The minimum atomic E-state index is -0.00224. The van der Waals surface area contributed by atoms with Gasteiger partial charge in [-0.3, -0.25) is 4.79 Å². The highest BCUT2D eigenvalue weighted by Crippen LogP contribution is 2.16. The normalized spacial score (nSPS) is 10.4. The Balaban J connectivity index is 1.99. The summed E-state index contributed by atoms with van der Waals surface area (Å²) in [6, 6.07) is 7.88. The van der Waals surface area contributed by atoms with E-state index in [0.29, 0.717) is 18.1 Å². The van der Waals surface area contributed by atoms with Gasteiger partial charge in [-0.15, -0.1) is 0 Å². The molecule has 0 radical (unpaired) electrons. The highest BCUT2D eigenvalue weighted by molar-refractivity contribution is 5.75. The molecule has 2 aromatic rings. The van der Waals surface area contributed by atoms with Crippen molar-refractivity contribution in [3.63, 3.8) is 0 Å². The van der Waals surface area contributed by atoms with Gasteiger partial charge in [-0.2, -0.15) is 4.98 Å². The Morgan fingerprint density at radius 1 is 1.32 bits per heavy atom. The second-order valence-electron chi connectivity index (χ2n) is 4.40. The molecule has 19 heavy (non-hydrogen) atoms. The molecule has 1 aromatic carbocycles. The van der Waals surface area contributed by atoms with Crippen molar-refractivity contribution in [2.24, 2.45) is 0 Å². The monoisotopic (exact) mass is 259 g/mol. The molecule has 1 aromatic heterocycles. The fourth-order valence-electron chi connectivity index (χ4n) is 1.64. The van der Waals surface area contributed by atoms with E-state index in [0.717, 1.165) is 12.0 Å². The van der Waals surface area contributed by atoms with Crippen molar-refractivity contribution in [3.05, 3.63) is 35.7 Å². The van der Waals surface area contributed by atoms with Gasteiger partial charge in [0.1, 0.15) is 0 Å². The van der Waals surface area contributed by atoms with Crippen LogP contribution in [0.5, 0.6) is 0 Å². The number of carbonyl (C=O) groups excluding carboxylic acids is 1. The van der Waals surface area contributed by atoms with Crippen molar-refractivity contribution < 1.29 is 9.32 Å². The summed E-state index contributed by atoms with van der Waals surface area (Å²) in [5.41, 5.74) is 2.08. The third-order valence-corrected chi connectivity index (χ3v) is 2.69. The molecular weight excluding hydrogens is 242 g/mol. The first-order chi connectivity index (χ1) is 9.19. The van der Waals surface area contributed by atoms with Crippen LogP contribution in [0.1, 0.15) is 31.2 Å². The maximum Gasteiger partial charge on any atom is 0.246 e. The van der Waals surface area contributed by atoms with Crippen LogP contribution >= 0.6 is 0 Å². The minimum Gasteiger partial charge on any atom is -0.347 e. The maximum absolute atomic E-state index is 11.3. The van der Waals surface area contributed by atoms with Gasteiger partial charge in [0.15, 0.2) is 0 Å². The number of rotatable bonds is 5. The SMILES string of the molecule is CCCC(=O)NCc1nc(-c2ccc(C)cc2)no1. The van der Waals surface area contributed by atoms with Crippen LogP contribution in [0.2, 0.25) is 0 Å². The van der Waals surface area contributed by atoms with E-state index in [9.17, 15) is 4.79 Å². The van der Waals surface area contributed by atoms with Crippen molar-refractivity contribution in [1.82, 2.24) is 15.5 Å². The summed E-state index contributed by atoms with van der Waals surface area (Å²) in [7, 11) is 0. The molecule has 0 unspecified atom stereocenters. The first kappa shape index (κ1) is 13.3. The smallest absolute Gasteiger partial charge is 0.246 e. The molecule has 0 atom stereocenters. The van der Waals surface area contributed by atoms with E-state index >= 15 is 0 Å². The summed E-state index contributed by atoms with van der Waals surface area (Å²) in [6.45, 7) is 4.26. The molecule has 1 amide bonds. The first-order valence-corrected chi connectivity index (χ1v) is 6.35. The molecule has 0 spiro atoms. The van der Waals surface area contributed by atoms with E-state index in [-0.39, 0.29) is 12.5 Å². The summed E-state index contributed by atoms with van der Waals surface area (Å²) >= 11 is 0. The van der Waals surface area contributed by atoms with Crippen LogP contribution in [0.15, 0.2) is 28.8 Å². The lowest BCUT2D eigenvalue weighted by Crippen LogP contribution is -2.22. The second kappa shape index (κ2) is 6.13. The fourth-order valence-corrected chi connectivity index (χ4v) is 1.64. The maximum atomic E-state index is 11.3. The number of benzene rings is 1. The largest absolute Gasteiger partial charge is 0.347 e. The number of aryl methyl sites for hydroxylation is 1. The van der Waals surface area contributed by atoms with Gasteiger partial charge in [-0.05, 0) is 13.3 Å². The summed E-state index contributed by atoms with van der Waals surface area (Å²) in [4.78, 5) is 15.6. The van der Waals surface area contributed by atoms with Crippen LogP contribution in [0.4, 0.5) is 0 Å². The van der Waals surface area contributed by atoms with E-state index in [1.54, 1.807) is 0 Å². The Kier molecular flexibility index (Phi) is 4.28. The zero-order valence-electron chi connectivity index (χ0n) is 11.1. The van der Waals surface area contributed by atoms with Crippen molar-refractivity contribution in [1.29, 1.82) is 0 Å². The van der Waals surface area contributed by atoms with Gasteiger partial charge in [-0.25, -0.2) is 0 Å². The van der Waals surface area contributed by atoms with Crippen LogP contribution in [0.3, 0.4) is 0 Å². The van der Waals surface area contributed by atoms with Gasteiger partial charge in [0, 0.05) is 12.0 Å². The highest BCUT2D eigenvalue weighted by Gasteiger charge is 2.09. The lowest BCUT2D eigenvalue weighted by molar-refractivity contribution is -0.121. The van der Waals surface area contributed by atoms with Crippen LogP contribution in [0.25, 0.3) is 11.4 Å². The van der Waals surface area contributed by atoms with E-state index < -0.39 is 0 Å². The third kappa shape index (κ3) is 3.64. The molecule has 2 rings (SSSR count). The zero-order valence-corrected chi connectivity index (χ0v) is 11.1. The molecule has 1 N–H and O–H groups in total. The number of nitrogens with one attached hydrogen (secondary N) is 1. The standard InChI is InChI=1S/C14H17N3O2/c1-3-4-12(18)15-9-13-16-14(17-19-13)11-7-5-10(2)6-8-11/h5-8H,3-4,9H2,1-2H3,(H,15,18). The van der Waals surface area contributed by atoms with E-state index in [1.807, 2.05) is 38.1 Å². The van der Waals surface area contributed by atoms with E-state index in [1.165, 1.54) is 5.56 Å². The fraction of sp³-hybridized carbons (Fsp3) is 0.357. The Bertz CT molecular complexity index is 546. The molecule has 0 aliphatic carbocycles. The third-order valence-electron chi connectivity index (χ3n) is 2.69.